The first-order valence-corrected chi connectivity index (χ1v) is 9.67. The predicted molar refractivity (Wildman–Crippen MR) is 103 cm³/mol. The lowest BCUT2D eigenvalue weighted by atomic mass is 9.93. The van der Waals surface area contributed by atoms with E-state index in [4.69, 9.17) is 4.52 Å². The number of hydrogen-bond donors (Lipinski definition) is 0. The van der Waals surface area contributed by atoms with Crippen molar-refractivity contribution in [2.24, 2.45) is 5.92 Å². The second-order valence-electron chi connectivity index (χ2n) is 7.18. The first kappa shape index (κ1) is 18.3. The molecule has 0 saturated carbocycles. The Morgan fingerprint density at radius 3 is 2.89 bits per heavy atom. The van der Waals surface area contributed by atoms with Crippen LogP contribution in [0.2, 0.25) is 0 Å². The molecule has 1 saturated heterocycles. The summed E-state index contributed by atoms with van der Waals surface area (Å²) in [5.74, 6) is 1.88. The van der Waals surface area contributed by atoms with Crippen molar-refractivity contribution in [2.75, 3.05) is 13.1 Å². The van der Waals surface area contributed by atoms with Gasteiger partial charge in [-0.15, -0.1) is 0 Å². The van der Waals surface area contributed by atoms with Crippen molar-refractivity contribution in [3.8, 4) is 11.5 Å². The lowest BCUT2D eigenvalue weighted by Crippen LogP contribution is -2.40. The third-order valence-corrected chi connectivity index (χ3v) is 5.12. The van der Waals surface area contributed by atoms with Crippen LogP contribution in [0.25, 0.3) is 11.5 Å². The van der Waals surface area contributed by atoms with Gasteiger partial charge in [0.05, 0.1) is 6.42 Å². The zero-order valence-electron chi connectivity index (χ0n) is 15.7. The molecule has 7 heteroatoms. The number of pyridine rings is 2. The predicted octanol–water partition coefficient (Wildman–Crippen LogP) is 2.94. The maximum absolute atomic E-state index is 12.6. The van der Waals surface area contributed by atoms with E-state index in [0.717, 1.165) is 49.9 Å². The van der Waals surface area contributed by atoms with Crippen LogP contribution in [0.5, 0.6) is 0 Å². The quantitative estimate of drug-likeness (QED) is 0.657. The van der Waals surface area contributed by atoms with Crippen molar-refractivity contribution in [3.05, 3.63) is 60.4 Å². The molecule has 0 aliphatic carbocycles. The molecule has 0 N–H and O–H groups in total. The molecule has 1 aliphatic heterocycles. The number of aromatic nitrogens is 4. The topological polar surface area (TPSA) is 85.0 Å². The van der Waals surface area contributed by atoms with E-state index in [1.54, 1.807) is 24.8 Å². The highest BCUT2D eigenvalue weighted by Crippen LogP contribution is 2.23. The highest BCUT2D eigenvalue weighted by atomic mass is 16.5. The van der Waals surface area contributed by atoms with Crippen molar-refractivity contribution in [2.45, 2.75) is 32.1 Å². The van der Waals surface area contributed by atoms with Gasteiger partial charge in [0, 0.05) is 49.9 Å². The van der Waals surface area contributed by atoms with Crippen LogP contribution in [0, 0.1) is 5.92 Å². The summed E-state index contributed by atoms with van der Waals surface area (Å²) >= 11 is 0. The fraction of sp³-hybridized carbons (Fsp3) is 0.381. The fourth-order valence-electron chi connectivity index (χ4n) is 3.62. The van der Waals surface area contributed by atoms with E-state index in [2.05, 4.69) is 20.1 Å². The summed E-state index contributed by atoms with van der Waals surface area (Å²) in [5, 5.41) is 4.09. The maximum Gasteiger partial charge on any atom is 0.258 e. The van der Waals surface area contributed by atoms with Gasteiger partial charge >= 0.3 is 0 Å². The van der Waals surface area contributed by atoms with Gasteiger partial charge in [0.15, 0.2) is 5.82 Å². The van der Waals surface area contributed by atoms with Crippen molar-refractivity contribution >= 4 is 5.91 Å². The third kappa shape index (κ3) is 4.60. The third-order valence-electron chi connectivity index (χ3n) is 5.12. The number of piperidine rings is 1. The van der Waals surface area contributed by atoms with Crippen molar-refractivity contribution in [1.29, 1.82) is 0 Å². The highest BCUT2D eigenvalue weighted by molar-refractivity contribution is 5.78. The monoisotopic (exact) mass is 377 g/mol. The van der Waals surface area contributed by atoms with E-state index in [-0.39, 0.29) is 5.91 Å². The van der Waals surface area contributed by atoms with Crippen molar-refractivity contribution in [1.82, 2.24) is 25.0 Å². The van der Waals surface area contributed by atoms with Gasteiger partial charge in [-0.1, -0.05) is 11.2 Å². The van der Waals surface area contributed by atoms with Crippen LogP contribution in [-0.4, -0.2) is 44.0 Å². The number of carbonyl (C=O) groups is 1. The Morgan fingerprint density at radius 2 is 2.07 bits per heavy atom. The van der Waals surface area contributed by atoms with E-state index in [1.807, 2.05) is 29.2 Å². The molecular weight excluding hydrogens is 354 g/mol. The number of likely N-dealkylation sites (tertiary alicyclic amines) is 1. The SMILES string of the molecule is O=C(Cc1cccnc1)N1CCCC(CCc2noc(-c3ccncc3)n2)C1. The summed E-state index contributed by atoms with van der Waals surface area (Å²) < 4.78 is 5.36. The van der Waals surface area contributed by atoms with Gasteiger partial charge in [-0.25, -0.2) is 0 Å². The minimum atomic E-state index is 0.178. The van der Waals surface area contributed by atoms with E-state index in [0.29, 0.717) is 24.1 Å². The van der Waals surface area contributed by atoms with Crippen LogP contribution in [0.4, 0.5) is 0 Å². The number of rotatable bonds is 6. The molecule has 1 fully saturated rings. The molecule has 4 heterocycles. The van der Waals surface area contributed by atoms with Crippen molar-refractivity contribution < 1.29 is 9.32 Å². The van der Waals surface area contributed by atoms with Gasteiger partial charge in [-0.2, -0.15) is 4.98 Å². The Morgan fingerprint density at radius 1 is 1.18 bits per heavy atom. The molecular formula is C21H23N5O2. The summed E-state index contributed by atoms with van der Waals surface area (Å²) in [6.07, 6.45) is 11.2. The summed E-state index contributed by atoms with van der Waals surface area (Å²) in [4.78, 5) is 27.2. The van der Waals surface area contributed by atoms with Gasteiger partial charge in [-0.05, 0) is 48.9 Å². The molecule has 144 valence electrons. The number of hydrogen-bond acceptors (Lipinski definition) is 6. The smallest absolute Gasteiger partial charge is 0.258 e. The molecule has 1 amide bonds. The number of nitrogens with zero attached hydrogens (tertiary/aromatic N) is 5. The maximum atomic E-state index is 12.6. The van der Waals surface area contributed by atoms with Gasteiger partial charge < -0.3 is 9.42 Å². The molecule has 3 aromatic heterocycles. The average molecular weight is 377 g/mol. The first-order valence-electron chi connectivity index (χ1n) is 9.67. The lowest BCUT2D eigenvalue weighted by molar-refractivity contribution is -0.132. The molecule has 1 aliphatic rings. The highest BCUT2D eigenvalue weighted by Gasteiger charge is 2.24. The Balaban J connectivity index is 1.29. The molecule has 0 bridgehead atoms. The first-order chi connectivity index (χ1) is 13.8. The van der Waals surface area contributed by atoms with Crippen molar-refractivity contribution in [3.63, 3.8) is 0 Å². The van der Waals surface area contributed by atoms with Crippen LogP contribution in [0.3, 0.4) is 0 Å². The van der Waals surface area contributed by atoms with Crippen LogP contribution < -0.4 is 0 Å². The molecule has 4 rings (SSSR count). The van der Waals surface area contributed by atoms with E-state index < -0.39 is 0 Å². The Hall–Kier alpha value is -3.09. The molecule has 0 spiro atoms. The summed E-state index contributed by atoms with van der Waals surface area (Å²) in [5.41, 5.74) is 1.84. The Labute approximate surface area is 163 Å². The van der Waals surface area contributed by atoms with Gasteiger partial charge in [0.2, 0.25) is 5.91 Å². The number of aryl methyl sites for hydroxylation is 1. The molecule has 28 heavy (non-hydrogen) atoms. The van der Waals surface area contributed by atoms with Crippen LogP contribution in [0.1, 0.15) is 30.7 Å². The average Bonchev–Trinajstić information content (AvgIpc) is 3.23. The van der Waals surface area contributed by atoms with E-state index >= 15 is 0 Å². The van der Waals surface area contributed by atoms with Crippen LogP contribution in [0.15, 0.2) is 53.6 Å². The molecule has 1 unspecified atom stereocenters. The van der Waals surface area contributed by atoms with Crippen LogP contribution in [-0.2, 0) is 17.6 Å². The second kappa shape index (κ2) is 8.73. The standard InChI is InChI=1S/C21H23N5O2/c27-20(13-17-3-1-9-23-14-17)26-12-2-4-16(15-26)5-6-19-24-21(28-25-19)18-7-10-22-11-8-18/h1,3,7-11,14,16H,2,4-6,12-13,15H2. The Kier molecular flexibility index (Phi) is 5.70. The number of carbonyl (C=O) groups excluding carboxylic acids is 1. The van der Waals surface area contributed by atoms with E-state index in [9.17, 15) is 4.79 Å². The molecule has 0 aromatic carbocycles. The fourth-order valence-corrected chi connectivity index (χ4v) is 3.62. The van der Waals surface area contributed by atoms with E-state index in [1.165, 1.54) is 0 Å². The van der Waals surface area contributed by atoms with Gasteiger partial charge in [0.25, 0.3) is 5.89 Å². The largest absolute Gasteiger partial charge is 0.342 e. The minimum absolute atomic E-state index is 0.178. The normalized spacial score (nSPS) is 16.9. The molecule has 3 aromatic rings. The molecule has 1 atom stereocenters. The Bertz CT molecular complexity index is 897. The zero-order valence-corrected chi connectivity index (χ0v) is 15.7. The zero-order chi connectivity index (χ0) is 19.2. The minimum Gasteiger partial charge on any atom is -0.342 e. The van der Waals surface area contributed by atoms with Crippen LogP contribution >= 0.6 is 0 Å². The van der Waals surface area contributed by atoms with Gasteiger partial charge in [-0.3, -0.25) is 14.8 Å². The molecule has 7 nitrogen and oxygen atoms in total. The molecule has 0 radical (unpaired) electrons. The summed E-state index contributed by atoms with van der Waals surface area (Å²) in [7, 11) is 0. The summed E-state index contributed by atoms with van der Waals surface area (Å²) in [6.45, 7) is 1.64. The lowest BCUT2D eigenvalue weighted by Gasteiger charge is -2.32. The number of amides is 1. The second-order valence-corrected chi connectivity index (χ2v) is 7.18. The van der Waals surface area contributed by atoms with Gasteiger partial charge in [0.1, 0.15) is 0 Å². The summed E-state index contributed by atoms with van der Waals surface area (Å²) in [6, 6.07) is 7.52.